The van der Waals surface area contributed by atoms with Crippen LogP contribution in [0.4, 0.5) is 4.79 Å². The highest BCUT2D eigenvalue weighted by molar-refractivity contribution is 5.79. The summed E-state index contributed by atoms with van der Waals surface area (Å²) in [6, 6.07) is 7.92. The van der Waals surface area contributed by atoms with E-state index in [1.807, 2.05) is 29.2 Å². The SMILES string of the molecule is O=C1OCC2(CCN(C(=O)C3CCOc4ccccc4C3)CC2)O1. The predicted molar refractivity (Wildman–Crippen MR) is 84.7 cm³/mol. The quantitative estimate of drug-likeness (QED) is 0.738. The topological polar surface area (TPSA) is 65.1 Å². The van der Waals surface area contributed by atoms with Gasteiger partial charge >= 0.3 is 6.16 Å². The number of hydrogen-bond acceptors (Lipinski definition) is 5. The van der Waals surface area contributed by atoms with Crippen LogP contribution in [0.5, 0.6) is 5.75 Å². The number of carbonyl (C=O) groups is 2. The van der Waals surface area contributed by atoms with Gasteiger partial charge in [-0.25, -0.2) is 4.79 Å². The van der Waals surface area contributed by atoms with E-state index < -0.39 is 11.8 Å². The van der Waals surface area contributed by atoms with Crippen LogP contribution in [0.15, 0.2) is 24.3 Å². The molecule has 1 unspecified atom stereocenters. The highest BCUT2D eigenvalue weighted by Gasteiger charge is 2.46. The van der Waals surface area contributed by atoms with E-state index in [2.05, 4.69) is 0 Å². The van der Waals surface area contributed by atoms with Gasteiger partial charge in [-0.1, -0.05) is 18.2 Å². The van der Waals surface area contributed by atoms with Crippen LogP contribution in [0.1, 0.15) is 24.8 Å². The number of amides is 1. The molecule has 1 atom stereocenters. The number of fused-ring (bicyclic) bond motifs is 1. The summed E-state index contributed by atoms with van der Waals surface area (Å²) in [7, 11) is 0. The minimum Gasteiger partial charge on any atom is -0.493 e. The zero-order valence-corrected chi connectivity index (χ0v) is 13.5. The van der Waals surface area contributed by atoms with Gasteiger partial charge in [0.2, 0.25) is 5.91 Å². The smallest absolute Gasteiger partial charge is 0.493 e. The van der Waals surface area contributed by atoms with Gasteiger partial charge < -0.3 is 19.1 Å². The van der Waals surface area contributed by atoms with Crippen LogP contribution in [0.2, 0.25) is 0 Å². The first kappa shape index (κ1) is 15.3. The summed E-state index contributed by atoms with van der Waals surface area (Å²) in [4.78, 5) is 26.0. The van der Waals surface area contributed by atoms with E-state index in [9.17, 15) is 9.59 Å². The normalized spacial score (nSPS) is 25.2. The first-order valence-corrected chi connectivity index (χ1v) is 8.50. The Balaban J connectivity index is 1.41. The van der Waals surface area contributed by atoms with Gasteiger partial charge in [-0.2, -0.15) is 0 Å². The van der Waals surface area contributed by atoms with Crippen molar-refractivity contribution in [3.63, 3.8) is 0 Å². The lowest BCUT2D eigenvalue weighted by Crippen LogP contribution is -2.49. The average Bonchev–Trinajstić information content (AvgIpc) is 2.83. The summed E-state index contributed by atoms with van der Waals surface area (Å²) in [6.45, 7) is 2.08. The van der Waals surface area contributed by atoms with Gasteiger partial charge in [-0.3, -0.25) is 4.79 Å². The molecule has 0 saturated carbocycles. The number of carbonyl (C=O) groups excluding carboxylic acids is 2. The van der Waals surface area contributed by atoms with E-state index in [0.29, 0.717) is 39.1 Å². The number of piperidine rings is 1. The molecule has 0 N–H and O–H groups in total. The molecule has 3 heterocycles. The number of benzene rings is 1. The van der Waals surface area contributed by atoms with Crippen LogP contribution in [0.3, 0.4) is 0 Å². The third-order valence-electron chi connectivity index (χ3n) is 5.25. The molecule has 6 nitrogen and oxygen atoms in total. The standard InChI is InChI=1S/C18H21NO5/c20-16(14-5-10-22-15-4-2-1-3-13(15)11-14)19-8-6-18(7-9-19)12-23-17(21)24-18/h1-4,14H,5-12H2. The van der Waals surface area contributed by atoms with Gasteiger partial charge in [0.1, 0.15) is 12.4 Å². The number of para-hydroxylation sites is 1. The Morgan fingerprint density at radius 1 is 1.17 bits per heavy atom. The Hall–Kier alpha value is -2.24. The van der Waals surface area contributed by atoms with E-state index in [1.165, 1.54) is 0 Å². The van der Waals surface area contributed by atoms with Crippen LogP contribution in [-0.2, 0) is 20.7 Å². The summed E-state index contributed by atoms with van der Waals surface area (Å²) in [5, 5.41) is 0. The molecule has 1 aromatic carbocycles. The van der Waals surface area contributed by atoms with Gasteiger partial charge in [-0.15, -0.1) is 0 Å². The van der Waals surface area contributed by atoms with Crippen LogP contribution in [-0.4, -0.2) is 48.9 Å². The lowest BCUT2D eigenvalue weighted by molar-refractivity contribution is -0.139. The Morgan fingerprint density at radius 2 is 1.96 bits per heavy atom. The zero-order valence-electron chi connectivity index (χ0n) is 13.5. The fourth-order valence-corrected chi connectivity index (χ4v) is 3.77. The second kappa shape index (κ2) is 6.00. The van der Waals surface area contributed by atoms with Gasteiger partial charge in [0.25, 0.3) is 0 Å². The maximum absolute atomic E-state index is 12.9. The van der Waals surface area contributed by atoms with Gasteiger partial charge in [0.15, 0.2) is 5.60 Å². The van der Waals surface area contributed by atoms with Crippen molar-refractivity contribution in [2.75, 3.05) is 26.3 Å². The van der Waals surface area contributed by atoms with Crippen molar-refractivity contribution < 1.29 is 23.8 Å². The van der Waals surface area contributed by atoms with Crippen LogP contribution < -0.4 is 4.74 Å². The molecular weight excluding hydrogens is 310 g/mol. The molecule has 0 aliphatic carbocycles. The third kappa shape index (κ3) is 2.81. The number of likely N-dealkylation sites (tertiary alicyclic amines) is 1. The minimum absolute atomic E-state index is 0.0509. The van der Waals surface area contributed by atoms with Crippen LogP contribution in [0, 0.1) is 5.92 Å². The lowest BCUT2D eigenvalue weighted by atomic mass is 9.90. The number of hydrogen-bond donors (Lipinski definition) is 0. The lowest BCUT2D eigenvalue weighted by Gasteiger charge is -2.37. The number of ether oxygens (including phenoxy) is 3. The summed E-state index contributed by atoms with van der Waals surface area (Å²) in [6.07, 6.45) is 2.14. The molecule has 1 amide bonds. The molecule has 4 rings (SSSR count). The van der Waals surface area contributed by atoms with Crippen LogP contribution >= 0.6 is 0 Å². The van der Waals surface area contributed by atoms with Crippen LogP contribution in [0.25, 0.3) is 0 Å². The average molecular weight is 331 g/mol. The highest BCUT2D eigenvalue weighted by atomic mass is 16.8. The third-order valence-corrected chi connectivity index (χ3v) is 5.25. The molecule has 6 heteroatoms. The first-order valence-electron chi connectivity index (χ1n) is 8.50. The molecule has 0 radical (unpaired) electrons. The zero-order chi connectivity index (χ0) is 16.6. The molecule has 2 saturated heterocycles. The van der Waals surface area contributed by atoms with Crippen molar-refractivity contribution in [1.82, 2.24) is 4.90 Å². The summed E-state index contributed by atoms with van der Waals surface area (Å²) < 4.78 is 16.0. The maximum Gasteiger partial charge on any atom is 0.509 e. The largest absolute Gasteiger partial charge is 0.509 e. The second-order valence-corrected chi connectivity index (χ2v) is 6.79. The summed E-state index contributed by atoms with van der Waals surface area (Å²) >= 11 is 0. The van der Waals surface area contributed by atoms with Crippen molar-refractivity contribution in [3.05, 3.63) is 29.8 Å². The Bertz CT molecular complexity index is 651. The Labute approximate surface area is 140 Å². The monoisotopic (exact) mass is 331 g/mol. The van der Waals surface area contributed by atoms with Crippen molar-refractivity contribution in [2.24, 2.45) is 5.92 Å². The van der Waals surface area contributed by atoms with E-state index >= 15 is 0 Å². The molecule has 1 aromatic rings. The number of rotatable bonds is 1. The van der Waals surface area contributed by atoms with E-state index in [4.69, 9.17) is 14.2 Å². The maximum atomic E-state index is 12.9. The fourth-order valence-electron chi connectivity index (χ4n) is 3.77. The molecular formula is C18H21NO5. The molecule has 0 bridgehead atoms. The molecule has 128 valence electrons. The van der Waals surface area contributed by atoms with Crippen molar-refractivity contribution in [1.29, 1.82) is 0 Å². The predicted octanol–water partition coefficient (Wildman–Crippen LogP) is 2.16. The van der Waals surface area contributed by atoms with Gasteiger partial charge in [-0.05, 0) is 24.5 Å². The summed E-state index contributed by atoms with van der Waals surface area (Å²) in [5.41, 5.74) is 0.576. The van der Waals surface area contributed by atoms with Crippen molar-refractivity contribution in [2.45, 2.75) is 31.3 Å². The Kier molecular flexibility index (Phi) is 3.82. The minimum atomic E-state index is -0.590. The van der Waals surface area contributed by atoms with E-state index in [-0.39, 0.29) is 11.8 Å². The molecule has 0 aromatic heterocycles. The summed E-state index contributed by atoms with van der Waals surface area (Å²) in [5.74, 6) is 1.01. The van der Waals surface area contributed by atoms with E-state index in [0.717, 1.165) is 24.2 Å². The molecule has 1 spiro atoms. The van der Waals surface area contributed by atoms with Gasteiger partial charge in [0, 0.05) is 31.8 Å². The second-order valence-electron chi connectivity index (χ2n) is 6.79. The van der Waals surface area contributed by atoms with Gasteiger partial charge in [0.05, 0.1) is 6.61 Å². The molecule has 24 heavy (non-hydrogen) atoms. The van der Waals surface area contributed by atoms with E-state index in [1.54, 1.807) is 0 Å². The number of cyclic esters (lactones) is 1. The van der Waals surface area contributed by atoms with Crippen molar-refractivity contribution >= 4 is 12.1 Å². The molecule has 2 fully saturated rings. The van der Waals surface area contributed by atoms with Crippen molar-refractivity contribution in [3.8, 4) is 5.75 Å². The fraction of sp³-hybridized carbons (Fsp3) is 0.556. The highest BCUT2D eigenvalue weighted by Crippen LogP contribution is 2.33. The molecule has 3 aliphatic heterocycles. The number of nitrogens with zero attached hydrogens (tertiary/aromatic N) is 1. The first-order chi connectivity index (χ1) is 11.7. The Morgan fingerprint density at radius 3 is 2.71 bits per heavy atom. The molecule has 3 aliphatic rings.